The first-order valence-corrected chi connectivity index (χ1v) is 9.13. The van der Waals surface area contributed by atoms with E-state index in [4.69, 9.17) is 0 Å². The van der Waals surface area contributed by atoms with E-state index in [1.54, 1.807) is 48.7 Å². The number of rotatable bonds is 3. The molecule has 0 aliphatic carbocycles. The van der Waals surface area contributed by atoms with E-state index >= 15 is 0 Å². The summed E-state index contributed by atoms with van der Waals surface area (Å²) in [5, 5.41) is 4.91. The highest BCUT2D eigenvalue weighted by atomic mass is 19.4. The highest BCUT2D eigenvalue weighted by Crippen LogP contribution is 2.30. The molecule has 0 saturated carbocycles. The van der Waals surface area contributed by atoms with E-state index in [0.717, 1.165) is 12.1 Å². The van der Waals surface area contributed by atoms with Crippen molar-refractivity contribution >= 4 is 23.1 Å². The normalized spacial score (nSPS) is 11.3. The lowest BCUT2D eigenvalue weighted by Crippen LogP contribution is -2.20. The standard InChI is InChI=1S/C22H15F3N4O2/c23-22(24,25)15-4-3-5-17(12-15)28-21(31)27-16-9-7-14(8-10-16)18-13-26-19-6-1-2-11-29(19)20(18)30/h1-13H,(H2,27,28,31). The first kappa shape index (κ1) is 20.1. The van der Waals surface area contributed by atoms with Gasteiger partial charge in [0, 0.05) is 23.8 Å². The molecule has 156 valence electrons. The second kappa shape index (κ2) is 7.94. The van der Waals surface area contributed by atoms with Gasteiger partial charge in [-0.05, 0) is 48.0 Å². The van der Waals surface area contributed by atoms with Crippen LogP contribution in [0.3, 0.4) is 0 Å². The zero-order chi connectivity index (χ0) is 22.0. The lowest BCUT2D eigenvalue weighted by atomic mass is 10.1. The van der Waals surface area contributed by atoms with Gasteiger partial charge in [-0.15, -0.1) is 0 Å². The summed E-state index contributed by atoms with van der Waals surface area (Å²) >= 11 is 0. The smallest absolute Gasteiger partial charge is 0.308 e. The predicted octanol–water partition coefficient (Wildman–Crippen LogP) is 5.02. The van der Waals surface area contributed by atoms with Crippen LogP contribution in [-0.2, 0) is 6.18 Å². The third-order valence-electron chi connectivity index (χ3n) is 4.52. The molecule has 6 nitrogen and oxygen atoms in total. The summed E-state index contributed by atoms with van der Waals surface area (Å²) in [4.78, 5) is 29.1. The van der Waals surface area contributed by atoms with Crippen molar-refractivity contribution in [3.8, 4) is 11.1 Å². The number of carbonyl (C=O) groups excluding carboxylic acids is 1. The van der Waals surface area contributed by atoms with Crippen LogP contribution in [0, 0.1) is 0 Å². The third kappa shape index (κ3) is 4.40. The van der Waals surface area contributed by atoms with Gasteiger partial charge in [-0.3, -0.25) is 9.20 Å². The number of carbonyl (C=O) groups is 1. The zero-order valence-corrected chi connectivity index (χ0v) is 15.9. The Morgan fingerprint density at radius 2 is 1.65 bits per heavy atom. The molecule has 4 rings (SSSR count). The SMILES string of the molecule is O=C(Nc1ccc(-c2cnc3ccccn3c2=O)cc1)Nc1cccc(C(F)(F)F)c1. The van der Waals surface area contributed by atoms with Crippen molar-refractivity contribution in [3.05, 3.63) is 95.0 Å². The van der Waals surface area contributed by atoms with Gasteiger partial charge in [0.2, 0.25) is 0 Å². The molecule has 0 radical (unpaired) electrons. The Hall–Kier alpha value is -4.14. The first-order valence-electron chi connectivity index (χ1n) is 9.13. The van der Waals surface area contributed by atoms with Crippen molar-refractivity contribution in [1.82, 2.24) is 9.38 Å². The summed E-state index contributed by atoms with van der Waals surface area (Å²) in [5.41, 5.74) is 0.865. The van der Waals surface area contributed by atoms with Gasteiger partial charge in [0.05, 0.1) is 11.1 Å². The number of halogens is 3. The lowest BCUT2D eigenvalue weighted by molar-refractivity contribution is -0.137. The summed E-state index contributed by atoms with van der Waals surface area (Å²) < 4.78 is 39.8. The second-order valence-corrected chi connectivity index (χ2v) is 6.64. The maximum Gasteiger partial charge on any atom is 0.416 e. The van der Waals surface area contributed by atoms with Gasteiger partial charge < -0.3 is 10.6 Å². The Bertz CT molecular complexity index is 1310. The van der Waals surface area contributed by atoms with Crippen LogP contribution in [0.2, 0.25) is 0 Å². The lowest BCUT2D eigenvalue weighted by Gasteiger charge is -2.11. The largest absolute Gasteiger partial charge is 0.416 e. The van der Waals surface area contributed by atoms with E-state index in [2.05, 4.69) is 15.6 Å². The summed E-state index contributed by atoms with van der Waals surface area (Å²) in [7, 11) is 0. The maximum absolute atomic E-state index is 12.8. The Kier molecular flexibility index (Phi) is 5.16. The van der Waals surface area contributed by atoms with Gasteiger partial charge in [0.1, 0.15) is 5.65 Å². The molecular weight excluding hydrogens is 409 g/mol. The molecule has 0 fully saturated rings. The number of pyridine rings is 1. The number of nitrogens with zero attached hydrogens (tertiary/aromatic N) is 2. The van der Waals surface area contributed by atoms with Crippen LogP contribution >= 0.6 is 0 Å². The Labute approximate surface area is 174 Å². The molecule has 2 aromatic carbocycles. The fraction of sp³-hybridized carbons (Fsp3) is 0.0455. The molecule has 2 aromatic heterocycles. The van der Waals surface area contributed by atoms with Crippen LogP contribution in [-0.4, -0.2) is 15.4 Å². The van der Waals surface area contributed by atoms with Gasteiger partial charge in [0.25, 0.3) is 5.56 Å². The monoisotopic (exact) mass is 424 g/mol. The molecule has 2 heterocycles. The van der Waals surface area contributed by atoms with E-state index in [0.29, 0.717) is 22.5 Å². The molecule has 2 amide bonds. The van der Waals surface area contributed by atoms with E-state index in [1.165, 1.54) is 22.7 Å². The summed E-state index contributed by atoms with van der Waals surface area (Å²) in [5.74, 6) is 0. The average molecular weight is 424 g/mol. The predicted molar refractivity (Wildman–Crippen MR) is 111 cm³/mol. The van der Waals surface area contributed by atoms with Gasteiger partial charge in [-0.1, -0.05) is 24.3 Å². The molecule has 0 bridgehead atoms. The van der Waals surface area contributed by atoms with Crippen molar-refractivity contribution < 1.29 is 18.0 Å². The molecule has 0 spiro atoms. The molecule has 2 N–H and O–H groups in total. The summed E-state index contributed by atoms with van der Waals surface area (Å²) in [6.07, 6.45) is -1.39. The molecule has 4 aromatic rings. The van der Waals surface area contributed by atoms with Crippen LogP contribution in [0.25, 0.3) is 16.8 Å². The van der Waals surface area contributed by atoms with Gasteiger partial charge >= 0.3 is 12.2 Å². The van der Waals surface area contributed by atoms with Gasteiger partial charge in [-0.2, -0.15) is 13.2 Å². The number of anilines is 2. The van der Waals surface area contributed by atoms with Crippen molar-refractivity contribution in [2.24, 2.45) is 0 Å². The fourth-order valence-electron chi connectivity index (χ4n) is 3.02. The molecule has 0 aliphatic rings. The number of fused-ring (bicyclic) bond motifs is 1. The van der Waals surface area contributed by atoms with Crippen LogP contribution < -0.4 is 16.2 Å². The average Bonchev–Trinajstić information content (AvgIpc) is 2.74. The number of hydrogen-bond donors (Lipinski definition) is 2. The molecular formula is C22H15F3N4O2. The molecule has 0 aliphatic heterocycles. The second-order valence-electron chi connectivity index (χ2n) is 6.64. The van der Waals surface area contributed by atoms with Crippen molar-refractivity contribution in [2.45, 2.75) is 6.18 Å². The van der Waals surface area contributed by atoms with E-state index in [1.807, 2.05) is 0 Å². The van der Waals surface area contributed by atoms with E-state index in [-0.39, 0.29) is 11.2 Å². The number of urea groups is 1. The minimum absolute atomic E-state index is 0.0132. The number of hydrogen-bond acceptors (Lipinski definition) is 3. The fourth-order valence-corrected chi connectivity index (χ4v) is 3.02. The van der Waals surface area contributed by atoms with Crippen LogP contribution in [0.15, 0.2) is 83.9 Å². The molecule has 0 unspecified atom stereocenters. The zero-order valence-electron chi connectivity index (χ0n) is 15.9. The van der Waals surface area contributed by atoms with Gasteiger partial charge in [-0.25, -0.2) is 9.78 Å². The van der Waals surface area contributed by atoms with E-state index in [9.17, 15) is 22.8 Å². The number of aromatic nitrogens is 2. The molecule has 0 atom stereocenters. The Morgan fingerprint density at radius 3 is 2.39 bits per heavy atom. The quantitative estimate of drug-likeness (QED) is 0.485. The van der Waals surface area contributed by atoms with Gasteiger partial charge in [0.15, 0.2) is 0 Å². The van der Waals surface area contributed by atoms with Crippen molar-refractivity contribution in [1.29, 1.82) is 0 Å². The maximum atomic E-state index is 12.8. The number of benzene rings is 2. The minimum atomic E-state index is -4.50. The summed E-state index contributed by atoms with van der Waals surface area (Å²) in [6, 6.07) is 15.3. The van der Waals surface area contributed by atoms with Crippen molar-refractivity contribution in [2.75, 3.05) is 10.6 Å². The first-order chi connectivity index (χ1) is 14.8. The van der Waals surface area contributed by atoms with Crippen LogP contribution in [0.1, 0.15) is 5.56 Å². The highest BCUT2D eigenvalue weighted by molar-refractivity contribution is 5.99. The Morgan fingerprint density at radius 1 is 0.903 bits per heavy atom. The Balaban J connectivity index is 1.49. The topological polar surface area (TPSA) is 75.5 Å². The minimum Gasteiger partial charge on any atom is -0.308 e. The number of amides is 2. The highest BCUT2D eigenvalue weighted by Gasteiger charge is 2.30. The number of nitrogens with one attached hydrogen (secondary N) is 2. The number of alkyl halides is 3. The molecule has 31 heavy (non-hydrogen) atoms. The van der Waals surface area contributed by atoms with Crippen molar-refractivity contribution in [3.63, 3.8) is 0 Å². The van der Waals surface area contributed by atoms with E-state index < -0.39 is 17.8 Å². The molecule has 0 saturated heterocycles. The molecule has 9 heteroatoms. The summed E-state index contributed by atoms with van der Waals surface area (Å²) in [6.45, 7) is 0. The van der Waals surface area contributed by atoms with Crippen LogP contribution in [0.5, 0.6) is 0 Å². The third-order valence-corrected chi connectivity index (χ3v) is 4.52. The van der Waals surface area contributed by atoms with Crippen LogP contribution in [0.4, 0.5) is 29.3 Å².